The van der Waals surface area contributed by atoms with Crippen LogP contribution < -0.4 is 5.32 Å². The van der Waals surface area contributed by atoms with Crippen molar-refractivity contribution in [3.8, 4) is 0 Å². The zero-order valence-corrected chi connectivity index (χ0v) is 9.80. The number of anilines is 1. The highest BCUT2D eigenvalue weighted by molar-refractivity contribution is 5.61. The van der Waals surface area contributed by atoms with Gasteiger partial charge in [-0.05, 0) is 37.8 Å². The number of aliphatic hydroxyl groups is 1. The molecule has 98 valence electrons. The third-order valence-corrected chi connectivity index (χ3v) is 3.21. The molecule has 2 rings (SSSR count). The Kier molecular flexibility index (Phi) is 3.76. The minimum absolute atomic E-state index is 0.0950. The molecular formula is C12H15FN2O3. The molecule has 0 spiro atoms. The summed E-state index contributed by atoms with van der Waals surface area (Å²) in [7, 11) is 0. The van der Waals surface area contributed by atoms with Crippen LogP contribution in [0, 0.1) is 15.9 Å². The molecule has 0 bridgehead atoms. The summed E-state index contributed by atoms with van der Waals surface area (Å²) >= 11 is 0. The normalized spacial score (nSPS) is 23.7. The minimum Gasteiger partial charge on any atom is -0.393 e. The molecule has 18 heavy (non-hydrogen) atoms. The predicted molar refractivity (Wildman–Crippen MR) is 64.9 cm³/mol. The molecule has 0 aliphatic heterocycles. The molecule has 1 aromatic carbocycles. The molecule has 1 aliphatic rings. The lowest BCUT2D eigenvalue weighted by atomic mass is 9.93. The van der Waals surface area contributed by atoms with Crippen LogP contribution in [0.4, 0.5) is 15.8 Å². The largest absolute Gasteiger partial charge is 0.393 e. The minimum atomic E-state index is -0.619. The molecule has 1 fully saturated rings. The first-order valence-electron chi connectivity index (χ1n) is 5.95. The van der Waals surface area contributed by atoms with Crippen LogP contribution in [0.5, 0.6) is 0 Å². The van der Waals surface area contributed by atoms with Crippen molar-refractivity contribution in [2.75, 3.05) is 5.32 Å². The first-order valence-corrected chi connectivity index (χ1v) is 5.95. The van der Waals surface area contributed by atoms with E-state index < -0.39 is 10.7 Å². The molecule has 1 saturated carbocycles. The van der Waals surface area contributed by atoms with Gasteiger partial charge in [0.05, 0.1) is 17.1 Å². The topological polar surface area (TPSA) is 75.4 Å². The van der Waals surface area contributed by atoms with E-state index >= 15 is 0 Å². The maximum absolute atomic E-state index is 13.0. The van der Waals surface area contributed by atoms with Crippen molar-refractivity contribution in [2.45, 2.75) is 37.8 Å². The molecule has 0 amide bonds. The van der Waals surface area contributed by atoms with Crippen molar-refractivity contribution in [3.63, 3.8) is 0 Å². The van der Waals surface area contributed by atoms with Gasteiger partial charge in [-0.2, -0.15) is 0 Å². The van der Waals surface area contributed by atoms with E-state index in [0.29, 0.717) is 18.5 Å². The van der Waals surface area contributed by atoms with E-state index in [-0.39, 0.29) is 17.8 Å². The number of halogens is 1. The Morgan fingerprint density at radius 1 is 1.33 bits per heavy atom. The van der Waals surface area contributed by atoms with Gasteiger partial charge in [0, 0.05) is 6.04 Å². The number of aliphatic hydroxyl groups excluding tert-OH is 1. The van der Waals surface area contributed by atoms with E-state index in [4.69, 9.17) is 0 Å². The number of nitrogens with one attached hydrogen (secondary N) is 1. The molecule has 2 N–H and O–H groups in total. The zero-order valence-electron chi connectivity index (χ0n) is 9.80. The Labute approximate surface area is 104 Å². The fourth-order valence-corrected chi connectivity index (χ4v) is 2.22. The summed E-state index contributed by atoms with van der Waals surface area (Å²) < 4.78 is 13.0. The van der Waals surface area contributed by atoms with Gasteiger partial charge in [-0.25, -0.2) is 4.39 Å². The quantitative estimate of drug-likeness (QED) is 0.641. The highest BCUT2D eigenvalue weighted by atomic mass is 19.1. The molecule has 1 aromatic rings. The maximum atomic E-state index is 13.0. The monoisotopic (exact) mass is 254 g/mol. The van der Waals surface area contributed by atoms with Crippen molar-refractivity contribution in [2.24, 2.45) is 0 Å². The fraction of sp³-hybridized carbons (Fsp3) is 0.500. The van der Waals surface area contributed by atoms with Crippen molar-refractivity contribution in [1.29, 1.82) is 0 Å². The summed E-state index contributed by atoms with van der Waals surface area (Å²) in [5, 5.41) is 23.3. The molecular weight excluding hydrogens is 239 g/mol. The molecule has 6 heteroatoms. The van der Waals surface area contributed by atoms with Crippen LogP contribution in [0.25, 0.3) is 0 Å². The number of benzene rings is 1. The number of nitro benzene ring substituents is 1. The average Bonchev–Trinajstić information content (AvgIpc) is 2.34. The standard InChI is InChI=1S/C12H15FN2O3/c13-8-1-6-11(12(7-8)15(17)18)14-9-2-4-10(16)5-3-9/h1,6-7,9-10,14,16H,2-5H2. The smallest absolute Gasteiger partial charge is 0.295 e. The summed E-state index contributed by atoms with van der Waals surface area (Å²) in [6, 6.07) is 3.60. The lowest BCUT2D eigenvalue weighted by Gasteiger charge is -2.26. The van der Waals surface area contributed by atoms with Crippen LogP contribution in [-0.2, 0) is 0 Å². The van der Waals surface area contributed by atoms with Gasteiger partial charge in [0.15, 0.2) is 0 Å². The van der Waals surface area contributed by atoms with E-state index in [1.165, 1.54) is 12.1 Å². The Morgan fingerprint density at radius 2 is 2.00 bits per heavy atom. The Hall–Kier alpha value is -1.69. The van der Waals surface area contributed by atoms with Crippen LogP contribution in [-0.4, -0.2) is 22.2 Å². The van der Waals surface area contributed by atoms with E-state index in [1.807, 2.05) is 0 Å². The van der Waals surface area contributed by atoms with Gasteiger partial charge in [-0.15, -0.1) is 0 Å². The van der Waals surface area contributed by atoms with Gasteiger partial charge in [0.25, 0.3) is 5.69 Å². The molecule has 0 aromatic heterocycles. The number of hydrogen-bond acceptors (Lipinski definition) is 4. The Morgan fingerprint density at radius 3 is 2.61 bits per heavy atom. The third kappa shape index (κ3) is 2.95. The van der Waals surface area contributed by atoms with Gasteiger partial charge in [-0.1, -0.05) is 0 Å². The summed E-state index contributed by atoms with van der Waals surface area (Å²) in [6.07, 6.45) is 2.62. The Balaban J connectivity index is 2.11. The molecule has 0 radical (unpaired) electrons. The molecule has 5 nitrogen and oxygen atoms in total. The second-order valence-electron chi connectivity index (χ2n) is 4.57. The molecule has 1 aliphatic carbocycles. The van der Waals surface area contributed by atoms with Gasteiger partial charge in [0.1, 0.15) is 11.5 Å². The molecule has 0 atom stereocenters. The van der Waals surface area contributed by atoms with Crippen molar-refractivity contribution < 1.29 is 14.4 Å². The summed E-state index contributed by atoms with van der Waals surface area (Å²) in [5.74, 6) is -0.619. The maximum Gasteiger partial charge on any atom is 0.295 e. The summed E-state index contributed by atoms with van der Waals surface area (Å²) in [6.45, 7) is 0. The number of rotatable bonds is 3. The van der Waals surface area contributed by atoms with E-state index in [2.05, 4.69) is 5.32 Å². The fourth-order valence-electron chi connectivity index (χ4n) is 2.22. The average molecular weight is 254 g/mol. The van der Waals surface area contributed by atoms with Gasteiger partial charge < -0.3 is 10.4 Å². The summed E-state index contributed by atoms with van der Waals surface area (Å²) in [4.78, 5) is 10.2. The zero-order chi connectivity index (χ0) is 13.1. The van der Waals surface area contributed by atoms with Gasteiger partial charge >= 0.3 is 0 Å². The van der Waals surface area contributed by atoms with Gasteiger partial charge in [-0.3, -0.25) is 10.1 Å². The first-order chi connectivity index (χ1) is 8.56. The third-order valence-electron chi connectivity index (χ3n) is 3.21. The molecule has 0 heterocycles. The lowest BCUT2D eigenvalue weighted by molar-refractivity contribution is -0.384. The predicted octanol–water partition coefficient (Wildman–Crippen LogP) is 2.45. The SMILES string of the molecule is O=[N+]([O-])c1cc(F)ccc1NC1CCC(O)CC1. The van der Waals surface area contributed by atoms with Crippen molar-refractivity contribution in [3.05, 3.63) is 34.1 Å². The van der Waals surface area contributed by atoms with Crippen LogP contribution in [0.2, 0.25) is 0 Å². The van der Waals surface area contributed by atoms with E-state index in [9.17, 15) is 19.6 Å². The number of hydrogen-bond donors (Lipinski definition) is 2. The Bertz CT molecular complexity index is 445. The van der Waals surface area contributed by atoms with E-state index in [1.54, 1.807) is 0 Å². The van der Waals surface area contributed by atoms with E-state index in [0.717, 1.165) is 18.9 Å². The van der Waals surface area contributed by atoms with Crippen molar-refractivity contribution >= 4 is 11.4 Å². The second-order valence-corrected chi connectivity index (χ2v) is 4.57. The first kappa shape index (κ1) is 12.8. The van der Waals surface area contributed by atoms with Crippen LogP contribution in [0.3, 0.4) is 0 Å². The lowest BCUT2D eigenvalue weighted by Crippen LogP contribution is -2.28. The highest BCUT2D eigenvalue weighted by Crippen LogP contribution is 2.29. The van der Waals surface area contributed by atoms with Crippen LogP contribution >= 0.6 is 0 Å². The summed E-state index contributed by atoms with van der Waals surface area (Å²) in [5.41, 5.74) is 0.0870. The van der Waals surface area contributed by atoms with Gasteiger partial charge in [0.2, 0.25) is 0 Å². The molecule has 0 unspecified atom stereocenters. The van der Waals surface area contributed by atoms with Crippen LogP contribution in [0.15, 0.2) is 18.2 Å². The number of nitro groups is 1. The molecule has 0 saturated heterocycles. The number of nitrogens with zero attached hydrogens (tertiary/aromatic N) is 1. The highest BCUT2D eigenvalue weighted by Gasteiger charge is 2.22. The van der Waals surface area contributed by atoms with Crippen molar-refractivity contribution in [1.82, 2.24) is 0 Å². The second kappa shape index (κ2) is 5.30. The van der Waals surface area contributed by atoms with Crippen LogP contribution in [0.1, 0.15) is 25.7 Å².